The van der Waals surface area contributed by atoms with E-state index in [1.54, 1.807) is 0 Å². The lowest BCUT2D eigenvalue weighted by Crippen LogP contribution is -2.38. The van der Waals surface area contributed by atoms with Gasteiger partial charge in [0.25, 0.3) is 0 Å². The van der Waals surface area contributed by atoms with Gasteiger partial charge in [0.05, 0.1) is 19.3 Å². The van der Waals surface area contributed by atoms with Crippen LogP contribution in [0.5, 0.6) is 0 Å². The molecule has 1 heterocycles. The van der Waals surface area contributed by atoms with Crippen molar-refractivity contribution in [2.24, 2.45) is 4.99 Å². The quantitative estimate of drug-likeness (QED) is 0.376. The first-order valence-electron chi connectivity index (χ1n) is 10.5. The van der Waals surface area contributed by atoms with Crippen molar-refractivity contribution in [2.75, 3.05) is 39.5 Å². The minimum Gasteiger partial charge on any atom is -0.379 e. The Labute approximate surface area is 163 Å². The van der Waals surface area contributed by atoms with E-state index in [0.717, 1.165) is 58.3 Å². The van der Waals surface area contributed by atoms with E-state index in [0.29, 0.717) is 6.10 Å². The Morgan fingerprint density at radius 1 is 1.30 bits per heavy atom. The zero-order chi connectivity index (χ0) is 19.0. The van der Waals surface area contributed by atoms with E-state index in [2.05, 4.69) is 48.7 Å². The maximum atomic E-state index is 5.73. The first-order chi connectivity index (χ1) is 13.2. The molecule has 2 N–H and O–H groups in total. The van der Waals surface area contributed by atoms with Crippen LogP contribution < -0.4 is 10.6 Å². The monoisotopic (exact) mass is 373 g/mol. The minimum absolute atomic E-state index is 0.248. The van der Waals surface area contributed by atoms with Gasteiger partial charge in [0.15, 0.2) is 5.96 Å². The van der Waals surface area contributed by atoms with Gasteiger partial charge in [-0.1, -0.05) is 24.3 Å². The smallest absolute Gasteiger partial charge is 0.191 e. The van der Waals surface area contributed by atoms with E-state index in [1.807, 2.05) is 0 Å². The standard InChI is InChI=1S/C22H35N3O2/c1-3-23-21(24-13-7-14-26-16-19-9-6-15-27-19)25-17-22(11-12-22)20-10-5-4-8-18(20)2/h4-5,8,10,19H,3,6-7,9,11-17H2,1-2H3,(H2,23,24,25). The van der Waals surface area contributed by atoms with Gasteiger partial charge in [-0.2, -0.15) is 0 Å². The fourth-order valence-electron chi connectivity index (χ4n) is 3.78. The Hall–Kier alpha value is -1.59. The number of benzene rings is 1. The van der Waals surface area contributed by atoms with Gasteiger partial charge >= 0.3 is 0 Å². The van der Waals surface area contributed by atoms with Crippen molar-refractivity contribution in [3.05, 3.63) is 35.4 Å². The molecular formula is C22H35N3O2. The molecule has 0 bridgehead atoms. The molecule has 2 fully saturated rings. The molecule has 1 atom stereocenters. The molecule has 3 rings (SSSR count). The first kappa shape index (κ1) is 20.2. The zero-order valence-electron chi connectivity index (χ0n) is 16.9. The average Bonchev–Trinajstić information content (AvgIpc) is 3.28. The minimum atomic E-state index is 0.248. The van der Waals surface area contributed by atoms with Gasteiger partial charge in [-0.05, 0) is 57.1 Å². The largest absolute Gasteiger partial charge is 0.379 e. The van der Waals surface area contributed by atoms with Crippen LogP contribution in [-0.4, -0.2) is 51.5 Å². The van der Waals surface area contributed by atoms with E-state index in [-0.39, 0.29) is 5.41 Å². The molecule has 0 aromatic heterocycles. The highest BCUT2D eigenvalue weighted by Crippen LogP contribution is 2.49. The first-order valence-corrected chi connectivity index (χ1v) is 10.5. The summed E-state index contributed by atoms with van der Waals surface area (Å²) in [5, 5.41) is 6.81. The Morgan fingerprint density at radius 2 is 2.15 bits per heavy atom. The lowest BCUT2D eigenvalue weighted by Gasteiger charge is -2.18. The molecule has 1 aromatic rings. The van der Waals surface area contributed by atoms with Crippen molar-refractivity contribution in [1.29, 1.82) is 0 Å². The second-order valence-electron chi connectivity index (χ2n) is 7.78. The van der Waals surface area contributed by atoms with Crippen molar-refractivity contribution in [1.82, 2.24) is 10.6 Å². The lowest BCUT2D eigenvalue weighted by molar-refractivity contribution is 0.0168. The van der Waals surface area contributed by atoms with Crippen LogP contribution in [0.1, 0.15) is 50.2 Å². The highest BCUT2D eigenvalue weighted by Gasteiger charge is 2.44. The predicted molar refractivity (Wildman–Crippen MR) is 110 cm³/mol. The highest BCUT2D eigenvalue weighted by atomic mass is 16.5. The van der Waals surface area contributed by atoms with E-state index in [1.165, 1.54) is 30.4 Å². The number of nitrogens with one attached hydrogen (secondary N) is 2. The number of ether oxygens (including phenoxy) is 2. The molecule has 1 aliphatic heterocycles. The summed E-state index contributed by atoms with van der Waals surface area (Å²) < 4.78 is 11.3. The van der Waals surface area contributed by atoms with Crippen molar-refractivity contribution in [2.45, 2.75) is 57.5 Å². The van der Waals surface area contributed by atoms with Crippen LogP contribution in [-0.2, 0) is 14.9 Å². The molecule has 5 nitrogen and oxygen atoms in total. The molecule has 1 saturated heterocycles. The summed E-state index contributed by atoms with van der Waals surface area (Å²) >= 11 is 0. The highest BCUT2D eigenvalue weighted by molar-refractivity contribution is 5.79. The summed E-state index contributed by atoms with van der Waals surface area (Å²) in [6.07, 6.45) is 6.06. The molecule has 1 saturated carbocycles. The van der Waals surface area contributed by atoms with E-state index < -0.39 is 0 Å². The number of aryl methyl sites for hydroxylation is 1. The molecule has 0 radical (unpaired) electrons. The Bertz CT molecular complexity index is 607. The fourth-order valence-corrected chi connectivity index (χ4v) is 3.78. The van der Waals surface area contributed by atoms with E-state index >= 15 is 0 Å². The van der Waals surface area contributed by atoms with Crippen molar-refractivity contribution < 1.29 is 9.47 Å². The molecule has 0 amide bonds. The van der Waals surface area contributed by atoms with Crippen molar-refractivity contribution >= 4 is 5.96 Å². The second kappa shape index (κ2) is 10.1. The van der Waals surface area contributed by atoms with E-state index in [9.17, 15) is 0 Å². The molecule has 1 aromatic carbocycles. The van der Waals surface area contributed by atoms with Crippen molar-refractivity contribution in [3.63, 3.8) is 0 Å². The van der Waals surface area contributed by atoms with Gasteiger partial charge in [0.2, 0.25) is 0 Å². The SMILES string of the molecule is CCNC(=NCC1(c2ccccc2C)CC1)NCCCOCC1CCCO1. The van der Waals surface area contributed by atoms with Gasteiger partial charge < -0.3 is 20.1 Å². The van der Waals surface area contributed by atoms with Gasteiger partial charge in [-0.15, -0.1) is 0 Å². The van der Waals surface area contributed by atoms with Crippen LogP contribution in [0.25, 0.3) is 0 Å². The summed E-state index contributed by atoms with van der Waals surface area (Å²) in [7, 11) is 0. The predicted octanol–water partition coefficient (Wildman–Crippen LogP) is 3.17. The molecule has 150 valence electrons. The summed E-state index contributed by atoms with van der Waals surface area (Å²) in [5.41, 5.74) is 3.09. The van der Waals surface area contributed by atoms with Gasteiger partial charge in [0, 0.05) is 31.7 Å². The van der Waals surface area contributed by atoms with Gasteiger partial charge in [-0.25, -0.2) is 0 Å². The number of rotatable bonds is 10. The van der Waals surface area contributed by atoms with Gasteiger partial charge in [-0.3, -0.25) is 4.99 Å². The third-order valence-electron chi connectivity index (χ3n) is 5.54. The Morgan fingerprint density at radius 3 is 2.85 bits per heavy atom. The van der Waals surface area contributed by atoms with E-state index in [4.69, 9.17) is 14.5 Å². The normalized spacial score (nSPS) is 21.3. The molecule has 1 unspecified atom stereocenters. The third kappa shape index (κ3) is 5.94. The Kier molecular flexibility index (Phi) is 7.53. The van der Waals surface area contributed by atoms with Gasteiger partial charge in [0.1, 0.15) is 0 Å². The Balaban J connectivity index is 1.41. The number of hydrogen-bond acceptors (Lipinski definition) is 3. The third-order valence-corrected chi connectivity index (χ3v) is 5.54. The van der Waals surface area contributed by atoms with Crippen LogP contribution in [0.4, 0.5) is 0 Å². The lowest BCUT2D eigenvalue weighted by atomic mass is 9.92. The summed E-state index contributed by atoms with van der Waals surface area (Å²) in [4.78, 5) is 4.88. The summed E-state index contributed by atoms with van der Waals surface area (Å²) in [6.45, 7) is 9.29. The molecule has 5 heteroatoms. The number of hydrogen-bond donors (Lipinski definition) is 2. The second-order valence-corrected chi connectivity index (χ2v) is 7.78. The number of aliphatic imine (C=N–C) groups is 1. The molecule has 0 spiro atoms. The summed E-state index contributed by atoms with van der Waals surface area (Å²) in [5.74, 6) is 0.913. The van der Waals surface area contributed by atoms with Crippen molar-refractivity contribution in [3.8, 4) is 0 Å². The number of nitrogens with zero attached hydrogens (tertiary/aromatic N) is 1. The molecular weight excluding hydrogens is 338 g/mol. The maximum Gasteiger partial charge on any atom is 0.191 e. The molecule has 1 aliphatic carbocycles. The van der Waals surface area contributed by atoms with Crippen LogP contribution in [0, 0.1) is 6.92 Å². The molecule has 2 aliphatic rings. The zero-order valence-corrected chi connectivity index (χ0v) is 16.9. The number of guanidine groups is 1. The van der Waals surface area contributed by atoms with Crippen LogP contribution in [0.3, 0.4) is 0 Å². The van der Waals surface area contributed by atoms with Crippen LogP contribution in [0.2, 0.25) is 0 Å². The fraction of sp³-hybridized carbons (Fsp3) is 0.682. The average molecular weight is 374 g/mol. The topological polar surface area (TPSA) is 54.9 Å². The molecule has 27 heavy (non-hydrogen) atoms. The van der Waals surface area contributed by atoms with Crippen LogP contribution in [0.15, 0.2) is 29.3 Å². The maximum absolute atomic E-state index is 5.73. The summed E-state index contributed by atoms with van der Waals surface area (Å²) in [6, 6.07) is 8.74. The van der Waals surface area contributed by atoms with Crippen LogP contribution >= 0.6 is 0 Å².